The van der Waals surface area contributed by atoms with Gasteiger partial charge >= 0.3 is 0 Å². The molecule has 4 heteroatoms. The van der Waals surface area contributed by atoms with Gasteiger partial charge in [-0.1, -0.05) is 0 Å². The predicted octanol–water partition coefficient (Wildman–Crippen LogP) is 2.55. The highest BCUT2D eigenvalue weighted by Gasteiger charge is 1.90. The van der Waals surface area contributed by atoms with Gasteiger partial charge in [0.05, 0.1) is 5.04 Å². The topological polar surface area (TPSA) is 25.2 Å². The molecule has 0 aliphatic heterocycles. The molecule has 2 nitrogen and oxygen atoms in total. The lowest BCUT2D eigenvalue weighted by atomic mass is 10.5. The maximum Gasteiger partial charge on any atom is 0.116 e. The Morgan fingerprint density at radius 1 is 1.75 bits per heavy atom. The fourth-order valence-electron chi connectivity index (χ4n) is 0.693. The van der Waals surface area contributed by atoms with Crippen molar-refractivity contribution in [1.29, 1.82) is 0 Å². The van der Waals surface area contributed by atoms with Gasteiger partial charge in [-0.3, -0.25) is 4.99 Å². The van der Waals surface area contributed by atoms with E-state index in [1.165, 1.54) is 0 Å². The Hall–Kier alpha value is -0.610. The molecule has 0 unspecified atom stereocenters. The van der Waals surface area contributed by atoms with Gasteiger partial charge in [0.15, 0.2) is 0 Å². The largest absolute Gasteiger partial charge is 0.282 e. The van der Waals surface area contributed by atoms with Crippen molar-refractivity contribution >= 4 is 34.2 Å². The average molecular weight is 198 g/mol. The molecule has 1 aromatic heterocycles. The number of hydrogen-bond donors (Lipinski definition) is 0. The molecule has 0 radical (unpaired) electrons. The Bertz CT molecular complexity index is 275. The highest BCUT2D eigenvalue weighted by molar-refractivity contribution is 8.13. The van der Waals surface area contributed by atoms with Crippen molar-refractivity contribution in [2.45, 2.75) is 0 Å². The molecule has 0 N–H and O–H groups in total. The smallest absolute Gasteiger partial charge is 0.116 e. The van der Waals surface area contributed by atoms with Crippen LogP contribution >= 0.6 is 23.1 Å². The normalized spacial score (nSPS) is 12.7. The third kappa shape index (κ3) is 2.79. The van der Waals surface area contributed by atoms with Crippen molar-refractivity contribution in [2.75, 3.05) is 13.3 Å². The van der Waals surface area contributed by atoms with Crippen LogP contribution in [0.4, 0.5) is 0 Å². The van der Waals surface area contributed by atoms with Crippen molar-refractivity contribution in [3.63, 3.8) is 0 Å². The van der Waals surface area contributed by atoms with Gasteiger partial charge in [0, 0.05) is 18.6 Å². The van der Waals surface area contributed by atoms with E-state index in [-0.39, 0.29) is 0 Å². The quantitative estimate of drug-likeness (QED) is 0.539. The minimum absolute atomic E-state index is 1.02. The van der Waals surface area contributed by atoms with Gasteiger partial charge in [0.25, 0.3) is 0 Å². The summed E-state index contributed by atoms with van der Waals surface area (Å²) in [6.45, 7) is 0. The molecule has 0 fully saturated rings. The molecule has 0 spiro atoms. The monoisotopic (exact) mass is 198 g/mol. The molecule has 0 aliphatic rings. The van der Waals surface area contributed by atoms with Crippen LogP contribution in [-0.4, -0.2) is 23.3 Å². The van der Waals surface area contributed by atoms with E-state index in [0.717, 1.165) is 10.1 Å². The molecule has 64 valence electrons. The highest BCUT2D eigenvalue weighted by atomic mass is 32.2. The third-order valence-corrected chi connectivity index (χ3v) is 2.73. The molecule has 0 atom stereocenters. The first-order chi connectivity index (χ1) is 5.86. The van der Waals surface area contributed by atoms with E-state index in [9.17, 15) is 0 Å². The standard InChI is InChI=1S/C8H10N2S2/c1-9-7(11-2)3-4-8-10-5-6-12-8/h3-6H,1-2H3. The molecular formula is C8H10N2S2. The van der Waals surface area contributed by atoms with Gasteiger partial charge in [0.1, 0.15) is 5.01 Å². The first kappa shape index (κ1) is 9.48. The van der Waals surface area contributed by atoms with E-state index in [4.69, 9.17) is 0 Å². The molecule has 0 saturated heterocycles. The summed E-state index contributed by atoms with van der Waals surface area (Å²) in [5.41, 5.74) is 0. The Balaban J connectivity index is 2.62. The van der Waals surface area contributed by atoms with Crippen molar-refractivity contribution in [3.05, 3.63) is 22.7 Å². The van der Waals surface area contributed by atoms with E-state index < -0.39 is 0 Å². The van der Waals surface area contributed by atoms with Crippen molar-refractivity contribution in [1.82, 2.24) is 4.98 Å². The summed E-state index contributed by atoms with van der Waals surface area (Å²) < 4.78 is 0. The summed E-state index contributed by atoms with van der Waals surface area (Å²) in [5, 5.41) is 4.00. The minimum atomic E-state index is 1.02. The lowest BCUT2D eigenvalue weighted by Crippen LogP contribution is -1.82. The summed E-state index contributed by atoms with van der Waals surface area (Å²) in [6, 6.07) is 0. The molecule has 1 rings (SSSR count). The number of thioether (sulfide) groups is 1. The summed E-state index contributed by atoms with van der Waals surface area (Å²) in [6.07, 6.45) is 7.76. The Morgan fingerprint density at radius 3 is 3.08 bits per heavy atom. The first-order valence-electron chi connectivity index (χ1n) is 3.45. The molecule has 12 heavy (non-hydrogen) atoms. The van der Waals surface area contributed by atoms with E-state index in [1.807, 2.05) is 23.8 Å². The Morgan fingerprint density at radius 2 is 2.58 bits per heavy atom. The molecule has 0 amide bonds. The fourth-order valence-corrected chi connectivity index (χ4v) is 1.61. The Kier molecular flexibility index (Phi) is 4.04. The second-order valence-electron chi connectivity index (χ2n) is 1.97. The fraction of sp³-hybridized carbons (Fsp3) is 0.250. The Labute approximate surface area is 80.4 Å². The van der Waals surface area contributed by atoms with Gasteiger partial charge in [0.2, 0.25) is 0 Å². The van der Waals surface area contributed by atoms with Gasteiger partial charge < -0.3 is 0 Å². The first-order valence-corrected chi connectivity index (χ1v) is 5.55. The van der Waals surface area contributed by atoms with Crippen LogP contribution in [0.5, 0.6) is 0 Å². The van der Waals surface area contributed by atoms with Crippen LogP contribution in [-0.2, 0) is 0 Å². The lowest BCUT2D eigenvalue weighted by Gasteiger charge is -1.90. The molecule has 0 bridgehead atoms. The van der Waals surface area contributed by atoms with Gasteiger partial charge in [-0.15, -0.1) is 23.1 Å². The molecular weight excluding hydrogens is 188 g/mol. The molecule has 0 aliphatic carbocycles. The number of nitrogens with zero attached hydrogens (tertiary/aromatic N) is 2. The van der Waals surface area contributed by atoms with Crippen LogP contribution < -0.4 is 0 Å². The van der Waals surface area contributed by atoms with E-state index in [0.29, 0.717) is 0 Å². The third-order valence-electron chi connectivity index (χ3n) is 1.25. The van der Waals surface area contributed by atoms with Crippen molar-refractivity contribution < 1.29 is 0 Å². The van der Waals surface area contributed by atoms with Gasteiger partial charge in [-0.25, -0.2) is 4.98 Å². The number of aliphatic imine (C=N–C) groups is 1. The molecule has 0 aromatic carbocycles. The van der Waals surface area contributed by atoms with E-state index in [2.05, 4.69) is 9.98 Å². The number of aromatic nitrogens is 1. The highest BCUT2D eigenvalue weighted by Crippen LogP contribution is 2.08. The summed E-state index contributed by atoms with van der Waals surface area (Å²) >= 11 is 3.26. The van der Waals surface area contributed by atoms with Crippen LogP contribution in [0.2, 0.25) is 0 Å². The zero-order chi connectivity index (χ0) is 8.81. The lowest BCUT2D eigenvalue weighted by molar-refractivity contribution is 1.39. The SMILES string of the molecule is CN=C(C=Cc1nccs1)SC. The second kappa shape index (κ2) is 5.11. The number of hydrogen-bond acceptors (Lipinski definition) is 4. The van der Waals surface area contributed by atoms with Crippen LogP contribution in [0, 0.1) is 0 Å². The van der Waals surface area contributed by atoms with Crippen LogP contribution in [0.25, 0.3) is 6.08 Å². The van der Waals surface area contributed by atoms with Crippen LogP contribution in [0.1, 0.15) is 5.01 Å². The van der Waals surface area contributed by atoms with Gasteiger partial charge in [-0.05, 0) is 18.4 Å². The summed E-state index contributed by atoms with van der Waals surface area (Å²) in [7, 11) is 1.79. The second-order valence-corrected chi connectivity index (χ2v) is 3.72. The van der Waals surface area contributed by atoms with Crippen LogP contribution in [0.3, 0.4) is 0 Å². The summed E-state index contributed by atoms with van der Waals surface area (Å²) in [4.78, 5) is 8.20. The predicted molar refractivity (Wildman–Crippen MR) is 58.0 cm³/mol. The van der Waals surface area contributed by atoms with Crippen molar-refractivity contribution in [3.8, 4) is 0 Å². The van der Waals surface area contributed by atoms with E-state index in [1.54, 1.807) is 36.3 Å². The number of rotatable bonds is 2. The van der Waals surface area contributed by atoms with Crippen molar-refractivity contribution in [2.24, 2.45) is 4.99 Å². The van der Waals surface area contributed by atoms with Gasteiger partial charge in [-0.2, -0.15) is 0 Å². The zero-order valence-electron chi connectivity index (χ0n) is 7.02. The average Bonchev–Trinajstić information content (AvgIpc) is 2.59. The van der Waals surface area contributed by atoms with E-state index >= 15 is 0 Å². The molecule has 1 heterocycles. The van der Waals surface area contributed by atoms with Crippen LogP contribution in [0.15, 0.2) is 22.6 Å². The number of thiazole rings is 1. The summed E-state index contributed by atoms with van der Waals surface area (Å²) in [5.74, 6) is 0. The maximum absolute atomic E-state index is 4.12. The molecule has 0 saturated carbocycles. The maximum atomic E-state index is 4.12. The zero-order valence-corrected chi connectivity index (χ0v) is 8.65. The minimum Gasteiger partial charge on any atom is -0.282 e. The molecule has 1 aromatic rings.